The lowest BCUT2D eigenvalue weighted by atomic mass is 9.88. The first-order valence-corrected chi connectivity index (χ1v) is 8.63. The van der Waals surface area contributed by atoms with Crippen molar-refractivity contribution in [2.75, 3.05) is 6.61 Å². The highest BCUT2D eigenvalue weighted by atomic mass is 16.5. The van der Waals surface area contributed by atoms with Crippen molar-refractivity contribution >= 4 is 5.91 Å². The molecule has 1 N–H and O–H groups in total. The van der Waals surface area contributed by atoms with Crippen molar-refractivity contribution in [2.24, 2.45) is 0 Å². The van der Waals surface area contributed by atoms with E-state index in [1.807, 2.05) is 24.3 Å². The number of hydrogen-bond acceptors (Lipinski definition) is 5. The molecule has 4 rings (SSSR count). The Kier molecular flexibility index (Phi) is 4.59. The van der Waals surface area contributed by atoms with Gasteiger partial charge in [-0.1, -0.05) is 30.3 Å². The SMILES string of the molecule is O=C(COc1cccc(-n2cnnn2)c1)NC1CCCc2ccccc21. The van der Waals surface area contributed by atoms with Crippen molar-refractivity contribution in [2.45, 2.75) is 25.3 Å². The number of benzene rings is 2. The smallest absolute Gasteiger partial charge is 0.258 e. The second-order valence-electron chi connectivity index (χ2n) is 6.25. The van der Waals surface area contributed by atoms with E-state index in [1.165, 1.54) is 22.1 Å². The first kappa shape index (κ1) is 16.3. The van der Waals surface area contributed by atoms with Crippen molar-refractivity contribution in [3.63, 3.8) is 0 Å². The largest absolute Gasteiger partial charge is 0.484 e. The molecule has 0 radical (unpaired) electrons. The zero-order chi connectivity index (χ0) is 17.8. The Labute approximate surface area is 151 Å². The fourth-order valence-corrected chi connectivity index (χ4v) is 3.28. The predicted molar refractivity (Wildman–Crippen MR) is 94.9 cm³/mol. The summed E-state index contributed by atoms with van der Waals surface area (Å²) >= 11 is 0. The van der Waals surface area contributed by atoms with Gasteiger partial charge in [-0.3, -0.25) is 4.79 Å². The van der Waals surface area contributed by atoms with Crippen LogP contribution in [-0.2, 0) is 11.2 Å². The van der Waals surface area contributed by atoms with E-state index in [9.17, 15) is 4.79 Å². The average Bonchev–Trinajstić information content (AvgIpc) is 3.22. The summed E-state index contributed by atoms with van der Waals surface area (Å²) < 4.78 is 7.18. The molecule has 3 aromatic rings. The third-order valence-corrected chi connectivity index (χ3v) is 4.51. The number of carbonyl (C=O) groups is 1. The van der Waals surface area contributed by atoms with E-state index in [0.717, 1.165) is 24.9 Å². The average molecular weight is 349 g/mol. The normalized spacial score (nSPS) is 15.9. The second kappa shape index (κ2) is 7.35. The Balaban J connectivity index is 1.37. The van der Waals surface area contributed by atoms with Gasteiger partial charge < -0.3 is 10.1 Å². The van der Waals surface area contributed by atoms with Crippen molar-refractivity contribution in [1.29, 1.82) is 0 Å². The molecule has 0 spiro atoms. The van der Waals surface area contributed by atoms with E-state index in [1.54, 1.807) is 12.1 Å². The highest BCUT2D eigenvalue weighted by molar-refractivity contribution is 5.78. The molecular formula is C19H19N5O2. The molecule has 0 saturated carbocycles. The Morgan fingerprint density at radius 2 is 2.15 bits per heavy atom. The minimum Gasteiger partial charge on any atom is -0.484 e. The Bertz CT molecular complexity index is 894. The minimum atomic E-state index is -0.125. The third-order valence-electron chi connectivity index (χ3n) is 4.51. The van der Waals surface area contributed by atoms with E-state index in [4.69, 9.17) is 4.74 Å². The summed E-state index contributed by atoms with van der Waals surface area (Å²) in [6, 6.07) is 15.6. The molecule has 1 aliphatic rings. The predicted octanol–water partition coefficient (Wildman–Crippen LogP) is 2.23. The topological polar surface area (TPSA) is 81.9 Å². The first-order chi connectivity index (χ1) is 12.8. The third kappa shape index (κ3) is 3.56. The molecule has 1 unspecified atom stereocenters. The molecule has 0 aliphatic heterocycles. The van der Waals surface area contributed by atoms with Crippen LogP contribution >= 0.6 is 0 Å². The highest BCUT2D eigenvalue weighted by Gasteiger charge is 2.21. The van der Waals surface area contributed by atoms with Gasteiger partial charge in [0, 0.05) is 6.07 Å². The summed E-state index contributed by atoms with van der Waals surface area (Å²) in [6.07, 6.45) is 4.61. The molecular weight excluding hydrogens is 330 g/mol. The van der Waals surface area contributed by atoms with Crippen LogP contribution in [0.4, 0.5) is 0 Å². The Hall–Kier alpha value is -3.22. The first-order valence-electron chi connectivity index (χ1n) is 8.63. The molecule has 1 aromatic heterocycles. The van der Waals surface area contributed by atoms with E-state index < -0.39 is 0 Å². The van der Waals surface area contributed by atoms with Gasteiger partial charge >= 0.3 is 0 Å². The quantitative estimate of drug-likeness (QED) is 0.764. The maximum atomic E-state index is 12.3. The number of fused-ring (bicyclic) bond motifs is 1. The molecule has 0 bridgehead atoms. The molecule has 2 aromatic carbocycles. The van der Waals surface area contributed by atoms with Gasteiger partial charge in [0.2, 0.25) is 0 Å². The molecule has 7 nitrogen and oxygen atoms in total. The monoisotopic (exact) mass is 349 g/mol. The summed E-state index contributed by atoms with van der Waals surface area (Å²) in [5.41, 5.74) is 3.31. The number of ether oxygens (including phenoxy) is 1. The number of hydrogen-bond donors (Lipinski definition) is 1. The van der Waals surface area contributed by atoms with Gasteiger partial charge in [0.05, 0.1) is 11.7 Å². The molecule has 7 heteroatoms. The maximum absolute atomic E-state index is 12.3. The molecule has 0 fully saturated rings. The molecule has 1 atom stereocenters. The van der Waals surface area contributed by atoms with Gasteiger partial charge in [-0.25, -0.2) is 4.68 Å². The molecule has 1 aliphatic carbocycles. The number of amides is 1. The van der Waals surface area contributed by atoms with Crippen molar-refractivity contribution in [1.82, 2.24) is 25.5 Å². The number of tetrazole rings is 1. The van der Waals surface area contributed by atoms with Gasteiger partial charge in [-0.15, -0.1) is 5.10 Å². The summed E-state index contributed by atoms with van der Waals surface area (Å²) in [5.74, 6) is 0.469. The van der Waals surface area contributed by atoms with Gasteiger partial charge in [-0.05, 0) is 52.9 Å². The number of carbonyl (C=O) groups excluding carboxylic acids is 1. The van der Waals surface area contributed by atoms with Crippen LogP contribution in [0.15, 0.2) is 54.9 Å². The van der Waals surface area contributed by atoms with Crippen LogP contribution in [0.5, 0.6) is 5.75 Å². The lowest BCUT2D eigenvalue weighted by Gasteiger charge is -2.26. The van der Waals surface area contributed by atoms with E-state index >= 15 is 0 Å². The van der Waals surface area contributed by atoms with Crippen molar-refractivity contribution in [3.05, 3.63) is 66.0 Å². The standard InChI is InChI=1S/C19H19N5O2/c25-19(21-18-10-3-6-14-5-1-2-9-17(14)18)12-26-16-8-4-7-15(11-16)24-13-20-22-23-24/h1-2,4-5,7-9,11,13,18H,3,6,10,12H2,(H,21,25). The molecule has 26 heavy (non-hydrogen) atoms. The number of nitrogens with one attached hydrogen (secondary N) is 1. The zero-order valence-corrected chi connectivity index (χ0v) is 14.2. The van der Waals surface area contributed by atoms with Crippen molar-refractivity contribution in [3.8, 4) is 11.4 Å². The number of aryl methyl sites for hydroxylation is 1. The maximum Gasteiger partial charge on any atom is 0.258 e. The Morgan fingerprint density at radius 1 is 1.23 bits per heavy atom. The van der Waals surface area contributed by atoms with Gasteiger partial charge in [0.1, 0.15) is 12.1 Å². The highest BCUT2D eigenvalue weighted by Crippen LogP contribution is 2.29. The Morgan fingerprint density at radius 3 is 3.04 bits per heavy atom. The summed E-state index contributed by atoms with van der Waals surface area (Å²) in [6.45, 7) is -0.0300. The molecule has 132 valence electrons. The van der Waals surface area contributed by atoms with Crippen LogP contribution in [0.2, 0.25) is 0 Å². The number of aromatic nitrogens is 4. The van der Waals surface area contributed by atoms with E-state index in [2.05, 4.69) is 33.0 Å². The zero-order valence-electron chi connectivity index (χ0n) is 14.2. The van der Waals surface area contributed by atoms with E-state index in [0.29, 0.717) is 5.75 Å². The van der Waals surface area contributed by atoms with Crippen LogP contribution in [0, 0.1) is 0 Å². The van der Waals surface area contributed by atoms with Crippen LogP contribution in [-0.4, -0.2) is 32.7 Å². The molecule has 1 heterocycles. The van der Waals surface area contributed by atoms with Gasteiger partial charge in [-0.2, -0.15) is 0 Å². The van der Waals surface area contributed by atoms with E-state index in [-0.39, 0.29) is 18.6 Å². The number of rotatable bonds is 5. The lowest BCUT2D eigenvalue weighted by Crippen LogP contribution is -2.34. The fourth-order valence-electron chi connectivity index (χ4n) is 3.28. The summed E-state index contributed by atoms with van der Waals surface area (Å²) in [7, 11) is 0. The van der Waals surface area contributed by atoms with Gasteiger partial charge in [0.25, 0.3) is 5.91 Å². The second-order valence-corrected chi connectivity index (χ2v) is 6.25. The summed E-state index contributed by atoms with van der Waals surface area (Å²) in [5, 5.41) is 14.2. The molecule has 0 saturated heterocycles. The summed E-state index contributed by atoms with van der Waals surface area (Å²) in [4.78, 5) is 12.3. The fraction of sp³-hybridized carbons (Fsp3) is 0.263. The van der Waals surface area contributed by atoms with Crippen LogP contribution in [0.1, 0.15) is 30.0 Å². The van der Waals surface area contributed by atoms with Crippen LogP contribution in [0.25, 0.3) is 5.69 Å². The minimum absolute atomic E-state index is 0.0300. The lowest BCUT2D eigenvalue weighted by molar-refractivity contribution is -0.123. The van der Waals surface area contributed by atoms with Crippen LogP contribution in [0.3, 0.4) is 0 Å². The van der Waals surface area contributed by atoms with Crippen molar-refractivity contribution < 1.29 is 9.53 Å². The number of nitrogens with zero attached hydrogens (tertiary/aromatic N) is 4. The van der Waals surface area contributed by atoms with Gasteiger partial charge in [0.15, 0.2) is 6.61 Å². The van der Waals surface area contributed by atoms with Crippen LogP contribution < -0.4 is 10.1 Å². The molecule has 1 amide bonds.